The summed E-state index contributed by atoms with van der Waals surface area (Å²) in [5.74, 6) is 0. The van der Waals surface area contributed by atoms with Crippen molar-refractivity contribution in [1.29, 1.82) is 0 Å². The van der Waals surface area contributed by atoms with Gasteiger partial charge in [0.1, 0.15) is 0 Å². The highest BCUT2D eigenvalue weighted by Gasteiger charge is 2.34. The van der Waals surface area contributed by atoms with Crippen LogP contribution < -0.4 is 5.73 Å². The summed E-state index contributed by atoms with van der Waals surface area (Å²) in [4.78, 5) is 0. The van der Waals surface area contributed by atoms with Crippen LogP contribution in [-0.4, -0.2) is 15.0 Å². The molecule has 0 aliphatic heterocycles. The number of hydrogen-bond acceptors (Lipinski definition) is 3. The first-order chi connectivity index (χ1) is 7.88. The van der Waals surface area contributed by atoms with E-state index in [0.717, 1.165) is 10.7 Å². The summed E-state index contributed by atoms with van der Waals surface area (Å²) in [5.41, 5.74) is 5.33. The summed E-state index contributed by atoms with van der Waals surface area (Å²) < 4.78 is 39.4. The molecule has 0 amide bonds. The molecule has 90 valence electrons. The zero-order valence-electron chi connectivity index (χ0n) is 8.86. The fourth-order valence-electron chi connectivity index (χ4n) is 1.44. The van der Waals surface area contributed by atoms with E-state index in [1.165, 1.54) is 18.3 Å². The third-order valence-corrected chi connectivity index (χ3v) is 2.18. The average Bonchev–Trinajstić information content (AvgIpc) is 2.62. The number of nitrogens with zero attached hydrogens (tertiary/aromatic N) is 3. The van der Waals surface area contributed by atoms with Crippen molar-refractivity contribution < 1.29 is 13.2 Å². The standard InChI is InChI=1S/C10H9F3N4/c1-6-5-17(16-15-6)9-4-7(14)2-3-8(9)10(11,12)13/h2-5H,14H2,1H3. The van der Waals surface area contributed by atoms with Gasteiger partial charge in [0, 0.05) is 5.69 Å². The van der Waals surface area contributed by atoms with Crippen LogP contribution in [0.5, 0.6) is 0 Å². The summed E-state index contributed by atoms with van der Waals surface area (Å²) in [6, 6.07) is 3.36. The molecule has 0 aliphatic carbocycles. The highest BCUT2D eigenvalue weighted by Crippen LogP contribution is 2.34. The molecule has 0 atom stereocenters. The number of aromatic nitrogens is 3. The molecule has 7 heteroatoms. The molecule has 0 unspecified atom stereocenters. The van der Waals surface area contributed by atoms with E-state index in [1.54, 1.807) is 6.92 Å². The molecule has 0 fully saturated rings. The molecule has 0 spiro atoms. The molecule has 0 saturated carbocycles. The number of nitrogen functional groups attached to an aromatic ring is 1. The molecular weight excluding hydrogens is 233 g/mol. The van der Waals surface area contributed by atoms with Gasteiger partial charge in [-0.3, -0.25) is 0 Å². The molecule has 1 heterocycles. The largest absolute Gasteiger partial charge is 0.418 e. The summed E-state index contributed by atoms with van der Waals surface area (Å²) >= 11 is 0. The van der Waals surface area contributed by atoms with Gasteiger partial charge in [0.25, 0.3) is 0 Å². The third kappa shape index (κ3) is 2.22. The van der Waals surface area contributed by atoms with Crippen LogP contribution in [-0.2, 0) is 6.18 Å². The van der Waals surface area contributed by atoms with E-state index in [0.29, 0.717) is 5.69 Å². The Morgan fingerprint density at radius 2 is 2.00 bits per heavy atom. The SMILES string of the molecule is Cc1cn(-c2cc(N)ccc2C(F)(F)F)nn1. The number of benzene rings is 1. The Kier molecular flexibility index (Phi) is 2.53. The lowest BCUT2D eigenvalue weighted by atomic mass is 10.1. The van der Waals surface area contributed by atoms with E-state index in [-0.39, 0.29) is 11.4 Å². The first kappa shape index (κ1) is 11.4. The van der Waals surface area contributed by atoms with Crippen LogP contribution in [0.1, 0.15) is 11.3 Å². The quantitative estimate of drug-likeness (QED) is 0.780. The van der Waals surface area contributed by atoms with E-state index in [4.69, 9.17) is 5.73 Å². The molecule has 4 nitrogen and oxygen atoms in total. The summed E-state index contributed by atoms with van der Waals surface area (Å²) in [5, 5.41) is 7.26. The minimum Gasteiger partial charge on any atom is -0.399 e. The molecule has 0 bridgehead atoms. The Labute approximate surface area is 94.9 Å². The Bertz CT molecular complexity index is 545. The van der Waals surface area contributed by atoms with Gasteiger partial charge in [-0.2, -0.15) is 13.2 Å². The van der Waals surface area contributed by atoms with E-state index >= 15 is 0 Å². The van der Waals surface area contributed by atoms with Crippen LogP contribution in [0.3, 0.4) is 0 Å². The number of rotatable bonds is 1. The first-order valence-corrected chi connectivity index (χ1v) is 4.74. The number of halogens is 3. The molecule has 0 saturated heterocycles. The molecule has 17 heavy (non-hydrogen) atoms. The number of aryl methyl sites for hydroxylation is 1. The Morgan fingerprint density at radius 3 is 2.53 bits per heavy atom. The highest BCUT2D eigenvalue weighted by atomic mass is 19.4. The minimum absolute atomic E-state index is 0.127. The zero-order valence-corrected chi connectivity index (χ0v) is 8.86. The summed E-state index contributed by atoms with van der Waals surface area (Å²) in [7, 11) is 0. The zero-order chi connectivity index (χ0) is 12.6. The van der Waals surface area contributed by atoms with Crippen molar-refractivity contribution in [2.24, 2.45) is 0 Å². The minimum atomic E-state index is -4.46. The average molecular weight is 242 g/mol. The van der Waals surface area contributed by atoms with Crippen molar-refractivity contribution in [3.05, 3.63) is 35.7 Å². The van der Waals surface area contributed by atoms with E-state index in [2.05, 4.69) is 10.3 Å². The van der Waals surface area contributed by atoms with Gasteiger partial charge in [-0.05, 0) is 25.1 Å². The number of hydrogen-bond donors (Lipinski definition) is 1. The number of anilines is 1. The van der Waals surface area contributed by atoms with Crippen molar-refractivity contribution in [2.75, 3.05) is 5.73 Å². The Hall–Kier alpha value is -2.05. The predicted molar refractivity (Wildman–Crippen MR) is 55.5 cm³/mol. The van der Waals surface area contributed by atoms with E-state index in [9.17, 15) is 13.2 Å². The molecule has 2 rings (SSSR count). The molecule has 0 radical (unpaired) electrons. The van der Waals surface area contributed by atoms with Crippen molar-refractivity contribution in [3.8, 4) is 5.69 Å². The van der Waals surface area contributed by atoms with Crippen molar-refractivity contribution in [3.63, 3.8) is 0 Å². The molecule has 0 aliphatic rings. The van der Waals surface area contributed by atoms with Crippen LogP contribution in [0.25, 0.3) is 5.69 Å². The molecule has 1 aromatic heterocycles. The van der Waals surface area contributed by atoms with Gasteiger partial charge in [-0.15, -0.1) is 5.10 Å². The van der Waals surface area contributed by atoms with E-state index < -0.39 is 11.7 Å². The lowest BCUT2D eigenvalue weighted by Gasteiger charge is -2.12. The highest BCUT2D eigenvalue weighted by molar-refractivity contribution is 5.53. The topological polar surface area (TPSA) is 56.7 Å². The summed E-state index contributed by atoms with van der Waals surface area (Å²) in [6.45, 7) is 1.64. The second kappa shape index (κ2) is 3.76. The van der Waals surface area contributed by atoms with Crippen molar-refractivity contribution in [1.82, 2.24) is 15.0 Å². The lowest BCUT2D eigenvalue weighted by Crippen LogP contribution is -2.11. The van der Waals surface area contributed by atoms with Crippen LogP contribution in [0.2, 0.25) is 0 Å². The number of nitrogens with two attached hydrogens (primary N) is 1. The van der Waals surface area contributed by atoms with E-state index in [1.807, 2.05) is 0 Å². The molecule has 2 aromatic rings. The summed E-state index contributed by atoms with van der Waals surface area (Å²) in [6.07, 6.45) is -3.05. The van der Waals surface area contributed by atoms with Gasteiger partial charge in [-0.25, -0.2) is 4.68 Å². The normalized spacial score (nSPS) is 11.8. The fourth-order valence-corrected chi connectivity index (χ4v) is 1.44. The van der Waals surface area contributed by atoms with Gasteiger partial charge in [0.05, 0.1) is 23.1 Å². The number of alkyl halides is 3. The second-order valence-electron chi connectivity index (χ2n) is 3.58. The van der Waals surface area contributed by atoms with Gasteiger partial charge in [-0.1, -0.05) is 5.21 Å². The molecule has 1 aromatic carbocycles. The van der Waals surface area contributed by atoms with Gasteiger partial charge in [0.2, 0.25) is 0 Å². The maximum atomic E-state index is 12.8. The molecule has 2 N–H and O–H groups in total. The Balaban J connectivity index is 2.63. The second-order valence-corrected chi connectivity index (χ2v) is 3.58. The lowest BCUT2D eigenvalue weighted by molar-refractivity contribution is -0.137. The van der Waals surface area contributed by atoms with Crippen molar-refractivity contribution >= 4 is 5.69 Å². The third-order valence-electron chi connectivity index (χ3n) is 2.18. The fraction of sp³-hybridized carbons (Fsp3) is 0.200. The van der Waals surface area contributed by atoms with Crippen LogP contribution in [0, 0.1) is 6.92 Å². The van der Waals surface area contributed by atoms with Crippen LogP contribution >= 0.6 is 0 Å². The van der Waals surface area contributed by atoms with Gasteiger partial charge >= 0.3 is 6.18 Å². The maximum absolute atomic E-state index is 12.8. The smallest absolute Gasteiger partial charge is 0.399 e. The van der Waals surface area contributed by atoms with Gasteiger partial charge in [0.15, 0.2) is 0 Å². The van der Waals surface area contributed by atoms with Crippen LogP contribution in [0.4, 0.5) is 18.9 Å². The van der Waals surface area contributed by atoms with Crippen molar-refractivity contribution in [2.45, 2.75) is 13.1 Å². The predicted octanol–water partition coefficient (Wildman–Crippen LogP) is 2.18. The monoisotopic (exact) mass is 242 g/mol. The maximum Gasteiger partial charge on any atom is 0.418 e. The Morgan fingerprint density at radius 1 is 1.29 bits per heavy atom. The van der Waals surface area contributed by atoms with Crippen LogP contribution in [0.15, 0.2) is 24.4 Å². The first-order valence-electron chi connectivity index (χ1n) is 4.74. The molecular formula is C10H9F3N4. The van der Waals surface area contributed by atoms with Gasteiger partial charge < -0.3 is 5.73 Å².